The maximum Gasteiger partial charge on any atom is 0.305 e. The van der Waals surface area contributed by atoms with Crippen molar-refractivity contribution in [1.29, 1.82) is 0 Å². The van der Waals surface area contributed by atoms with Gasteiger partial charge < -0.3 is 9.47 Å². The van der Waals surface area contributed by atoms with Crippen LogP contribution >= 0.6 is 0 Å². The van der Waals surface area contributed by atoms with E-state index in [1.54, 1.807) is 0 Å². The van der Waals surface area contributed by atoms with Crippen molar-refractivity contribution < 1.29 is 19.1 Å². The lowest BCUT2D eigenvalue weighted by atomic mass is 9.98. The standard InChI is InChI=1S/C32H62O4/c1-27(2)17-15-19-29(5)23-25-35-31(33)21-13-11-9-7-8-10-12-14-22-32(34)36-26-24-30(6)20-16-18-28(3)4/h27-30H,7-26H2,1-6H3. The maximum atomic E-state index is 11.9. The van der Waals surface area contributed by atoms with Crippen molar-refractivity contribution in [2.24, 2.45) is 23.7 Å². The highest BCUT2D eigenvalue weighted by Crippen LogP contribution is 2.17. The minimum atomic E-state index is -0.0307. The zero-order valence-electron chi connectivity index (χ0n) is 25.1. The first-order chi connectivity index (χ1) is 17.2. The van der Waals surface area contributed by atoms with Gasteiger partial charge in [0.1, 0.15) is 0 Å². The molecule has 4 nitrogen and oxygen atoms in total. The van der Waals surface area contributed by atoms with E-state index < -0.39 is 0 Å². The van der Waals surface area contributed by atoms with Crippen molar-refractivity contribution in [3.8, 4) is 0 Å². The predicted octanol–water partition coefficient (Wildman–Crippen LogP) is 9.68. The van der Waals surface area contributed by atoms with Crippen LogP contribution in [0.4, 0.5) is 0 Å². The van der Waals surface area contributed by atoms with Crippen LogP contribution in [0.3, 0.4) is 0 Å². The van der Waals surface area contributed by atoms with Gasteiger partial charge in [-0.25, -0.2) is 0 Å². The normalized spacial score (nSPS) is 13.2. The molecule has 0 aromatic heterocycles. The van der Waals surface area contributed by atoms with E-state index in [4.69, 9.17) is 9.47 Å². The largest absolute Gasteiger partial charge is 0.466 e. The maximum absolute atomic E-state index is 11.9. The second-order valence-corrected chi connectivity index (χ2v) is 12.2. The number of rotatable bonds is 25. The molecule has 0 saturated carbocycles. The molecule has 2 atom stereocenters. The van der Waals surface area contributed by atoms with Crippen LogP contribution < -0.4 is 0 Å². The van der Waals surface area contributed by atoms with Crippen molar-refractivity contribution in [3.05, 3.63) is 0 Å². The third-order valence-corrected chi connectivity index (χ3v) is 7.22. The van der Waals surface area contributed by atoms with Crippen LogP contribution in [0.25, 0.3) is 0 Å². The summed E-state index contributed by atoms with van der Waals surface area (Å²) < 4.78 is 10.8. The highest BCUT2D eigenvalue weighted by Gasteiger charge is 2.08. The summed E-state index contributed by atoms with van der Waals surface area (Å²) in [5, 5.41) is 0. The number of carbonyl (C=O) groups excluding carboxylic acids is 2. The molecule has 0 aliphatic carbocycles. The first-order valence-corrected chi connectivity index (χ1v) is 15.5. The van der Waals surface area contributed by atoms with Gasteiger partial charge in [0.05, 0.1) is 13.2 Å². The number of unbranched alkanes of at least 4 members (excludes halogenated alkanes) is 7. The molecule has 2 unspecified atom stereocenters. The van der Waals surface area contributed by atoms with Gasteiger partial charge in [0.25, 0.3) is 0 Å². The highest BCUT2D eigenvalue weighted by atomic mass is 16.5. The molecule has 0 aliphatic heterocycles. The topological polar surface area (TPSA) is 52.6 Å². The van der Waals surface area contributed by atoms with Crippen molar-refractivity contribution in [2.45, 2.75) is 157 Å². The molecule has 0 aliphatic rings. The summed E-state index contributed by atoms with van der Waals surface area (Å²) >= 11 is 0. The molecule has 0 rings (SSSR count). The highest BCUT2D eigenvalue weighted by molar-refractivity contribution is 5.69. The van der Waals surface area contributed by atoms with E-state index in [0.29, 0.717) is 37.9 Å². The molecule has 4 heteroatoms. The third-order valence-electron chi connectivity index (χ3n) is 7.22. The Morgan fingerprint density at radius 1 is 0.444 bits per heavy atom. The minimum absolute atomic E-state index is 0.0307. The van der Waals surface area contributed by atoms with E-state index in [9.17, 15) is 9.59 Å². The fourth-order valence-corrected chi connectivity index (χ4v) is 4.53. The lowest BCUT2D eigenvalue weighted by Gasteiger charge is -2.12. The number of ether oxygens (including phenoxy) is 2. The molecule has 0 saturated heterocycles. The Kier molecular flexibility index (Phi) is 23.6. The lowest BCUT2D eigenvalue weighted by molar-refractivity contribution is -0.145. The second-order valence-electron chi connectivity index (χ2n) is 12.2. The molecule has 0 radical (unpaired) electrons. The van der Waals surface area contributed by atoms with Gasteiger partial charge in [-0.1, -0.05) is 119 Å². The van der Waals surface area contributed by atoms with Gasteiger partial charge in [-0.2, -0.15) is 0 Å². The van der Waals surface area contributed by atoms with E-state index in [1.165, 1.54) is 64.2 Å². The van der Waals surface area contributed by atoms with Gasteiger partial charge in [0, 0.05) is 12.8 Å². The van der Waals surface area contributed by atoms with E-state index in [2.05, 4.69) is 41.5 Å². The Hall–Kier alpha value is -1.06. The van der Waals surface area contributed by atoms with Crippen LogP contribution in [0.15, 0.2) is 0 Å². The zero-order chi connectivity index (χ0) is 27.0. The summed E-state index contributed by atoms with van der Waals surface area (Å²) in [4.78, 5) is 23.8. The predicted molar refractivity (Wildman–Crippen MR) is 153 cm³/mol. The molecule has 0 aromatic rings. The summed E-state index contributed by atoms with van der Waals surface area (Å²) in [6, 6.07) is 0. The van der Waals surface area contributed by atoms with Gasteiger partial charge in [0.2, 0.25) is 0 Å². The van der Waals surface area contributed by atoms with Crippen molar-refractivity contribution in [1.82, 2.24) is 0 Å². The Morgan fingerprint density at radius 2 is 0.778 bits per heavy atom. The fourth-order valence-electron chi connectivity index (χ4n) is 4.53. The molecule has 0 bridgehead atoms. The lowest BCUT2D eigenvalue weighted by Crippen LogP contribution is -2.09. The zero-order valence-corrected chi connectivity index (χ0v) is 25.1. The van der Waals surface area contributed by atoms with E-state index in [0.717, 1.165) is 50.4 Å². The average molecular weight is 511 g/mol. The molecule has 0 N–H and O–H groups in total. The number of hydrogen-bond acceptors (Lipinski definition) is 4. The van der Waals surface area contributed by atoms with Crippen LogP contribution in [-0.4, -0.2) is 25.2 Å². The molecule has 0 fully saturated rings. The van der Waals surface area contributed by atoms with Gasteiger partial charge in [-0.05, 0) is 49.4 Å². The first-order valence-electron chi connectivity index (χ1n) is 15.5. The summed E-state index contributed by atoms with van der Waals surface area (Å²) in [6.45, 7) is 14.8. The van der Waals surface area contributed by atoms with E-state index in [-0.39, 0.29) is 11.9 Å². The van der Waals surface area contributed by atoms with Gasteiger partial charge in [-0.3, -0.25) is 9.59 Å². The van der Waals surface area contributed by atoms with Crippen LogP contribution in [-0.2, 0) is 19.1 Å². The van der Waals surface area contributed by atoms with Crippen molar-refractivity contribution in [3.63, 3.8) is 0 Å². The van der Waals surface area contributed by atoms with Gasteiger partial charge in [-0.15, -0.1) is 0 Å². The Balaban J connectivity index is 3.41. The van der Waals surface area contributed by atoms with Crippen LogP contribution in [0.1, 0.15) is 157 Å². The Labute approximate surface area is 225 Å². The molecule has 36 heavy (non-hydrogen) atoms. The number of hydrogen-bond donors (Lipinski definition) is 0. The van der Waals surface area contributed by atoms with Crippen molar-refractivity contribution in [2.75, 3.05) is 13.2 Å². The summed E-state index contributed by atoms with van der Waals surface area (Å²) in [6.07, 6.45) is 19.5. The summed E-state index contributed by atoms with van der Waals surface area (Å²) in [5.41, 5.74) is 0. The number of esters is 2. The van der Waals surface area contributed by atoms with Crippen LogP contribution in [0, 0.1) is 23.7 Å². The molecule has 0 spiro atoms. The van der Waals surface area contributed by atoms with Crippen LogP contribution in [0.5, 0.6) is 0 Å². The molecular formula is C32H62O4. The minimum Gasteiger partial charge on any atom is -0.466 e. The summed E-state index contributed by atoms with van der Waals surface area (Å²) in [7, 11) is 0. The van der Waals surface area contributed by atoms with Gasteiger partial charge in [0.15, 0.2) is 0 Å². The fraction of sp³-hybridized carbons (Fsp3) is 0.938. The molecule has 0 heterocycles. The summed E-state index contributed by atoms with van der Waals surface area (Å²) in [5.74, 6) is 2.77. The molecular weight excluding hydrogens is 448 g/mol. The second kappa shape index (κ2) is 24.3. The first kappa shape index (κ1) is 34.9. The number of carbonyl (C=O) groups is 2. The smallest absolute Gasteiger partial charge is 0.305 e. The van der Waals surface area contributed by atoms with Crippen molar-refractivity contribution >= 4 is 11.9 Å². The quantitative estimate of drug-likeness (QED) is 0.0906. The SMILES string of the molecule is CC(C)CCCC(C)CCOC(=O)CCCCCCCCCCC(=O)OCCC(C)CCCC(C)C. The van der Waals surface area contributed by atoms with Crippen LogP contribution in [0.2, 0.25) is 0 Å². The monoisotopic (exact) mass is 510 g/mol. The molecule has 0 amide bonds. The third kappa shape index (κ3) is 26.0. The van der Waals surface area contributed by atoms with E-state index in [1.807, 2.05) is 0 Å². The Morgan fingerprint density at radius 3 is 1.11 bits per heavy atom. The molecule has 214 valence electrons. The Bertz CT molecular complexity index is 468. The van der Waals surface area contributed by atoms with E-state index >= 15 is 0 Å². The molecule has 0 aromatic carbocycles. The van der Waals surface area contributed by atoms with Gasteiger partial charge >= 0.3 is 11.9 Å². The average Bonchev–Trinajstić information content (AvgIpc) is 2.79.